The summed E-state index contributed by atoms with van der Waals surface area (Å²) in [5.41, 5.74) is 2.56. The predicted molar refractivity (Wildman–Crippen MR) is 136 cm³/mol. The molecule has 0 aromatic heterocycles. The molecule has 9 heteroatoms. The summed E-state index contributed by atoms with van der Waals surface area (Å²) in [6.07, 6.45) is 1.09. The molecule has 0 spiro atoms. The monoisotopic (exact) mass is 515 g/mol. The molecule has 1 aliphatic rings. The van der Waals surface area contributed by atoms with Crippen LogP contribution in [-0.2, 0) is 27.8 Å². The van der Waals surface area contributed by atoms with Gasteiger partial charge < -0.3 is 9.84 Å². The van der Waals surface area contributed by atoms with Crippen LogP contribution in [0.4, 0.5) is 0 Å². The molecule has 1 aliphatic heterocycles. The number of rotatable bonds is 7. The van der Waals surface area contributed by atoms with Crippen molar-refractivity contribution in [1.82, 2.24) is 4.31 Å². The van der Waals surface area contributed by atoms with Crippen molar-refractivity contribution in [1.29, 1.82) is 10.5 Å². The van der Waals surface area contributed by atoms with E-state index in [1.165, 1.54) is 12.1 Å². The van der Waals surface area contributed by atoms with E-state index in [-0.39, 0.29) is 17.0 Å². The van der Waals surface area contributed by atoms with Crippen molar-refractivity contribution in [2.75, 3.05) is 6.54 Å². The third-order valence-corrected chi connectivity index (χ3v) is 8.06. The standard InChI is InChI=1S/C28H25N3O5S/c1-28(2)10-9-24-25(36-28)7-4-8-26(24)37(34,35)31(18-27(32)33)17-21-11-20(16-30)13-23(14-21)22-6-3-5-19(12-22)15-29/h3-8,11-14H,9-10,17-18H2,1-2H3,(H,32,33). The maximum absolute atomic E-state index is 13.8. The molecule has 1 N–H and O–H groups in total. The second-order valence-electron chi connectivity index (χ2n) is 9.48. The van der Waals surface area contributed by atoms with Crippen LogP contribution in [0.2, 0.25) is 0 Å². The third-order valence-electron chi connectivity index (χ3n) is 6.19. The fourth-order valence-corrected chi connectivity index (χ4v) is 6.05. The molecule has 0 fully saturated rings. The minimum absolute atomic E-state index is 0.0140. The number of ether oxygens (including phenoxy) is 1. The summed E-state index contributed by atoms with van der Waals surface area (Å²) in [4.78, 5) is 11.7. The van der Waals surface area contributed by atoms with E-state index < -0.39 is 28.1 Å². The Morgan fingerprint density at radius 3 is 2.43 bits per heavy atom. The molecule has 0 bridgehead atoms. The van der Waals surface area contributed by atoms with E-state index in [1.807, 2.05) is 13.8 Å². The number of carboxylic acids is 1. The SMILES string of the molecule is CC1(C)CCc2c(cccc2S(=O)(=O)N(CC(=O)O)Cc2cc(C#N)cc(-c3cccc(C#N)c3)c2)O1. The minimum atomic E-state index is -4.23. The largest absolute Gasteiger partial charge is 0.488 e. The number of fused-ring (bicyclic) bond motifs is 1. The number of hydrogen-bond acceptors (Lipinski definition) is 6. The van der Waals surface area contributed by atoms with E-state index in [2.05, 4.69) is 12.1 Å². The zero-order valence-corrected chi connectivity index (χ0v) is 21.2. The summed E-state index contributed by atoms with van der Waals surface area (Å²) in [7, 11) is -4.23. The van der Waals surface area contributed by atoms with E-state index in [9.17, 15) is 28.8 Å². The van der Waals surface area contributed by atoms with Gasteiger partial charge in [-0.3, -0.25) is 4.79 Å². The molecule has 37 heavy (non-hydrogen) atoms. The van der Waals surface area contributed by atoms with Gasteiger partial charge in [-0.1, -0.05) is 18.2 Å². The van der Waals surface area contributed by atoms with Crippen molar-refractivity contribution in [3.05, 3.63) is 82.9 Å². The first kappa shape index (κ1) is 25.9. The highest BCUT2D eigenvalue weighted by Gasteiger charge is 2.34. The molecule has 3 aromatic rings. The predicted octanol–water partition coefficient (Wildman–Crippen LogP) is 4.48. The van der Waals surface area contributed by atoms with Crippen LogP contribution in [0, 0.1) is 22.7 Å². The fraction of sp³-hybridized carbons (Fsp3) is 0.250. The lowest BCUT2D eigenvalue weighted by Gasteiger charge is -2.34. The van der Waals surface area contributed by atoms with E-state index in [4.69, 9.17) is 4.74 Å². The number of benzene rings is 3. The van der Waals surface area contributed by atoms with Crippen LogP contribution in [0.3, 0.4) is 0 Å². The molecular weight excluding hydrogens is 490 g/mol. The lowest BCUT2D eigenvalue weighted by molar-refractivity contribution is -0.137. The maximum atomic E-state index is 13.8. The second-order valence-corrected chi connectivity index (χ2v) is 11.4. The summed E-state index contributed by atoms with van der Waals surface area (Å²) in [6.45, 7) is 2.85. The second kappa shape index (κ2) is 10.1. The first-order valence-electron chi connectivity index (χ1n) is 11.6. The number of nitriles is 2. The molecular formula is C28H25N3O5S. The highest BCUT2D eigenvalue weighted by Crippen LogP contribution is 2.38. The molecule has 0 saturated carbocycles. The number of carbonyl (C=O) groups is 1. The summed E-state index contributed by atoms with van der Waals surface area (Å²) >= 11 is 0. The van der Waals surface area contributed by atoms with Crippen LogP contribution in [0.15, 0.2) is 65.6 Å². The Hall–Kier alpha value is -4.18. The van der Waals surface area contributed by atoms with Gasteiger partial charge in [-0.2, -0.15) is 14.8 Å². The highest BCUT2D eigenvalue weighted by molar-refractivity contribution is 7.89. The molecule has 3 aromatic carbocycles. The minimum Gasteiger partial charge on any atom is -0.488 e. The number of aliphatic carboxylic acids is 1. The number of sulfonamides is 1. The average molecular weight is 516 g/mol. The molecule has 1 heterocycles. The summed E-state index contributed by atoms with van der Waals surface area (Å²) in [5, 5.41) is 28.4. The van der Waals surface area contributed by atoms with Gasteiger partial charge >= 0.3 is 5.97 Å². The Balaban J connectivity index is 1.76. The van der Waals surface area contributed by atoms with Gasteiger partial charge in [0, 0.05) is 12.1 Å². The Labute approximate surface area is 216 Å². The first-order chi connectivity index (χ1) is 17.5. The molecule has 4 rings (SSSR count). The van der Waals surface area contributed by atoms with E-state index in [0.717, 1.165) is 4.31 Å². The Kier molecular flexibility index (Phi) is 7.04. The molecule has 0 saturated heterocycles. The van der Waals surface area contributed by atoms with Crippen LogP contribution in [0.5, 0.6) is 5.75 Å². The number of nitrogens with zero attached hydrogens (tertiary/aromatic N) is 3. The van der Waals surface area contributed by atoms with Gasteiger partial charge in [-0.05, 0) is 85.8 Å². The third kappa shape index (κ3) is 5.64. The molecule has 188 valence electrons. The molecule has 0 amide bonds. The van der Waals surface area contributed by atoms with Crippen LogP contribution < -0.4 is 4.74 Å². The van der Waals surface area contributed by atoms with Gasteiger partial charge in [-0.15, -0.1) is 0 Å². The van der Waals surface area contributed by atoms with E-state index in [0.29, 0.717) is 46.4 Å². The van der Waals surface area contributed by atoms with Crippen molar-refractivity contribution >= 4 is 16.0 Å². The molecule has 0 atom stereocenters. The van der Waals surface area contributed by atoms with Gasteiger partial charge in [0.1, 0.15) is 17.9 Å². The average Bonchev–Trinajstić information content (AvgIpc) is 2.86. The van der Waals surface area contributed by atoms with Gasteiger partial charge in [-0.25, -0.2) is 8.42 Å². The lowest BCUT2D eigenvalue weighted by atomic mass is 9.94. The molecule has 0 unspecified atom stereocenters. The van der Waals surface area contributed by atoms with Gasteiger partial charge in [0.2, 0.25) is 10.0 Å². The summed E-state index contributed by atoms with van der Waals surface area (Å²) in [6, 6.07) is 20.6. The van der Waals surface area contributed by atoms with Crippen molar-refractivity contribution in [3.8, 4) is 29.0 Å². The van der Waals surface area contributed by atoms with E-state index >= 15 is 0 Å². The van der Waals surface area contributed by atoms with Crippen molar-refractivity contribution < 1.29 is 23.1 Å². The van der Waals surface area contributed by atoms with Crippen molar-refractivity contribution in [3.63, 3.8) is 0 Å². The van der Waals surface area contributed by atoms with Gasteiger partial charge in [0.15, 0.2) is 0 Å². The molecule has 8 nitrogen and oxygen atoms in total. The summed E-state index contributed by atoms with van der Waals surface area (Å²) < 4.78 is 34.5. The molecule has 0 aliphatic carbocycles. The maximum Gasteiger partial charge on any atom is 0.318 e. The Morgan fingerprint density at radius 2 is 1.73 bits per heavy atom. The summed E-state index contributed by atoms with van der Waals surface area (Å²) in [5.74, 6) is -0.831. The lowest BCUT2D eigenvalue weighted by Crippen LogP contribution is -2.37. The van der Waals surface area contributed by atoms with Crippen LogP contribution in [0.1, 0.15) is 42.5 Å². The van der Waals surface area contributed by atoms with Crippen LogP contribution in [-0.4, -0.2) is 35.9 Å². The normalized spacial score (nSPS) is 14.2. The first-order valence-corrected chi connectivity index (χ1v) is 13.0. The number of carboxylic acid groups (broad SMARTS) is 1. The highest BCUT2D eigenvalue weighted by atomic mass is 32.2. The van der Waals surface area contributed by atoms with Crippen molar-refractivity contribution in [2.45, 2.75) is 43.7 Å². The molecule has 0 radical (unpaired) electrons. The van der Waals surface area contributed by atoms with Gasteiger partial charge in [0.25, 0.3) is 0 Å². The zero-order valence-electron chi connectivity index (χ0n) is 20.4. The smallest absolute Gasteiger partial charge is 0.318 e. The van der Waals surface area contributed by atoms with Crippen LogP contribution >= 0.6 is 0 Å². The van der Waals surface area contributed by atoms with Crippen LogP contribution in [0.25, 0.3) is 11.1 Å². The number of hydrogen-bond donors (Lipinski definition) is 1. The Bertz CT molecular complexity index is 1570. The van der Waals surface area contributed by atoms with Crippen molar-refractivity contribution in [2.24, 2.45) is 0 Å². The fourth-order valence-electron chi connectivity index (χ4n) is 4.41. The van der Waals surface area contributed by atoms with Gasteiger partial charge in [0.05, 0.1) is 28.2 Å². The Morgan fingerprint density at radius 1 is 1.03 bits per heavy atom. The quantitative estimate of drug-likeness (QED) is 0.491. The topological polar surface area (TPSA) is 131 Å². The zero-order chi connectivity index (χ0) is 26.8. The van der Waals surface area contributed by atoms with E-state index in [1.54, 1.807) is 48.5 Å².